The Bertz CT molecular complexity index is 1050. The minimum absolute atomic E-state index is 0.0502. The third kappa shape index (κ3) is 3.21. The van der Waals surface area contributed by atoms with Gasteiger partial charge in [-0.25, -0.2) is 0 Å². The first kappa shape index (κ1) is 19.8. The van der Waals surface area contributed by atoms with Gasteiger partial charge in [0.2, 0.25) is 0 Å². The predicted octanol–water partition coefficient (Wildman–Crippen LogP) is 5.62. The summed E-state index contributed by atoms with van der Waals surface area (Å²) in [5.41, 5.74) is -2.28. The highest BCUT2D eigenvalue weighted by molar-refractivity contribution is 6.13. The molecule has 0 saturated carbocycles. The molecule has 0 atom stereocenters. The van der Waals surface area contributed by atoms with Crippen LogP contribution in [0.4, 0.5) is 26.3 Å². The van der Waals surface area contributed by atoms with Gasteiger partial charge in [-0.2, -0.15) is 26.3 Å². The lowest BCUT2D eigenvalue weighted by Gasteiger charge is -2.12. The van der Waals surface area contributed by atoms with Crippen LogP contribution < -0.4 is 4.74 Å². The maximum Gasteiger partial charge on any atom is 0.454 e. The van der Waals surface area contributed by atoms with Crippen molar-refractivity contribution in [1.29, 1.82) is 0 Å². The summed E-state index contributed by atoms with van der Waals surface area (Å²) >= 11 is 0. The summed E-state index contributed by atoms with van der Waals surface area (Å²) in [5.74, 6) is -2.51. The van der Waals surface area contributed by atoms with Gasteiger partial charge in [0, 0.05) is 23.5 Å². The first-order chi connectivity index (χ1) is 13.0. The SMILES string of the molecule is COc1cc2c(C(=O)C(F)(F)F)c(C(F)(F)F)n(C)c2cc1-c1ccccc1. The number of aromatic nitrogens is 1. The molecule has 0 radical (unpaired) electrons. The molecule has 0 amide bonds. The summed E-state index contributed by atoms with van der Waals surface area (Å²) in [5, 5.41) is -0.478. The van der Waals surface area contributed by atoms with Crippen LogP contribution in [0.3, 0.4) is 0 Å². The van der Waals surface area contributed by atoms with Crippen LogP contribution in [0.25, 0.3) is 22.0 Å². The van der Waals surface area contributed by atoms with Crippen molar-refractivity contribution in [2.75, 3.05) is 7.11 Å². The van der Waals surface area contributed by atoms with Crippen LogP contribution in [0.2, 0.25) is 0 Å². The molecule has 2 aromatic carbocycles. The Hall–Kier alpha value is -2.97. The normalized spacial score (nSPS) is 12.4. The van der Waals surface area contributed by atoms with Gasteiger partial charge in [-0.05, 0) is 17.7 Å². The number of ether oxygens (including phenoxy) is 1. The van der Waals surface area contributed by atoms with Crippen molar-refractivity contribution >= 4 is 16.7 Å². The van der Waals surface area contributed by atoms with E-state index in [1.807, 2.05) is 0 Å². The fourth-order valence-electron chi connectivity index (χ4n) is 3.18. The van der Waals surface area contributed by atoms with Gasteiger partial charge < -0.3 is 9.30 Å². The predicted molar refractivity (Wildman–Crippen MR) is 90.3 cm³/mol. The fourth-order valence-corrected chi connectivity index (χ4v) is 3.18. The highest BCUT2D eigenvalue weighted by Gasteiger charge is 2.48. The van der Waals surface area contributed by atoms with Crippen molar-refractivity contribution in [2.45, 2.75) is 12.4 Å². The Kier molecular flexibility index (Phi) is 4.64. The molecule has 3 nitrogen and oxygen atoms in total. The van der Waals surface area contributed by atoms with Crippen LogP contribution in [-0.4, -0.2) is 23.6 Å². The standard InChI is InChI=1S/C19H13F6NO2/c1-26-13-8-11(10-6-4-3-5-7-10)14(28-2)9-12(13)15(16(26)18(20,21)22)17(27)19(23,24)25/h3-9H,1-2H3. The molecule has 0 N–H and O–H groups in total. The highest BCUT2D eigenvalue weighted by atomic mass is 19.4. The number of hydrogen-bond acceptors (Lipinski definition) is 2. The molecule has 3 rings (SSSR count). The molecule has 0 aliphatic carbocycles. The maximum atomic E-state index is 13.5. The van der Waals surface area contributed by atoms with E-state index >= 15 is 0 Å². The molecular weight excluding hydrogens is 388 g/mol. The summed E-state index contributed by atoms with van der Waals surface area (Å²) < 4.78 is 85.4. The zero-order valence-electron chi connectivity index (χ0n) is 14.6. The number of ketones is 1. The van der Waals surface area contributed by atoms with Crippen molar-refractivity contribution in [1.82, 2.24) is 4.57 Å². The van der Waals surface area contributed by atoms with Gasteiger partial charge in [0.1, 0.15) is 11.4 Å². The lowest BCUT2D eigenvalue weighted by atomic mass is 10.00. The Morgan fingerprint density at radius 3 is 2.11 bits per heavy atom. The third-order valence-corrected chi connectivity index (χ3v) is 4.36. The molecule has 3 aromatic rings. The summed E-state index contributed by atoms with van der Waals surface area (Å²) in [6, 6.07) is 10.8. The Balaban J connectivity index is 2.44. The first-order valence-electron chi connectivity index (χ1n) is 7.91. The number of methoxy groups -OCH3 is 1. The molecule has 1 heterocycles. The van der Waals surface area contributed by atoms with Crippen molar-refractivity contribution in [3.8, 4) is 16.9 Å². The number of rotatable bonds is 3. The summed E-state index contributed by atoms with van der Waals surface area (Å²) in [4.78, 5) is 11.8. The third-order valence-electron chi connectivity index (χ3n) is 4.36. The van der Waals surface area contributed by atoms with Crippen LogP contribution in [0.1, 0.15) is 16.1 Å². The number of carbonyl (C=O) groups is 1. The highest BCUT2D eigenvalue weighted by Crippen LogP contribution is 2.43. The number of aryl methyl sites for hydroxylation is 1. The number of fused-ring (bicyclic) bond motifs is 1. The van der Waals surface area contributed by atoms with Crippen molar-refractivity contribution in [3.05, 3.63) is 53.7 Å². The number of alkyl halides is 6. The van der Waals surface area contributed by atoms with Crippen LogP contribution in [0, 0.1) is 0 Å². The van der Waals surface area contributed by atoms with Gasteiger partial charge >= 0.3 is 12.4 Å². The Morgan fingerprint density at radius 1 is 1.00 bits per heavy atom. The fraction of sp³-hybridized carbons (Fsp3) is 0.211. The van der Waals surface area contributed by atoms with E-state index in [1.165, 1.54) is 13.2 Å². The molecule has 9 heteroatoms. The molecule has 1 aromatic heterocycles. The van der Waals surface area contributed by atoms with E-state index < -0.39 is 34.8 Å². The minimum atomic E-state index is -5.46. The molecule has 0 aliphatic heterocycles. The van der Waals surface area contributed by atoms with E-state index in [0.29, 0.717) is 15.7 Å². The number of nitrogens with zero attached hydrogens (tertiary/aromatic N) is 1. The average molecular weight is 401 g/mol. The monoisotopic (exact) mass is 401 g/mol. The second-order valence-electron chi connectivity index (χ2n) is 6.04. The molecule has 0 unspecified atom stereocenters. The smallest absolute Gasteiger partial charge is 0.454 e. The van der Waals surface area contributed by atoms with Crippen molar-refractivity contribution in [2.24, 2.45) is 7.05 Å². The van der Waals surface area contributed by atoms with Crippen LogP contribution in [-0.2, 0) is 13.2 Å². The minimum Gasteiger partial charge on any atom is -0.496 e. The second-order valence-corrected chi connectivity index (χ2v) is 6.04. The lowest BCUT2D eigenvalue weighted by Crippen LogP contribution is -2.26. The largest absolute Gasteiger partial charge is 0.496 e. The number of halogens is 6. The van der Waals surface area contributed by atoms with E-state index in [9.17, 15) is 31.1 Å². The summed E-state index contributed by atoms with van der Waals surface area (Å²) in [6.45, 7) is 0. The van der Waals surface area contributed by atoms with Gasteiger partial charge in [0.25, 0.3) is 5.78 Å². The second kappa shape index (κ2) is 6.57. The zero-order chi connectivity index (χ0) is 20.9. The van der Waals surface area contributed by atoms with Crippen LogP contribution in [0.15, 0.2) is 42.5 Å². The van der Waals surface area contributed by atoms with E-state index in [0.717, 1.165) is 13.1 Å². The van der Waals surface area contributed by atoms with E-state index in [-0.39, 0.29) is 11.3 Å². The van der Waals surface area contributed by atoms with Gasteiger partial charge in [-0.1, -0.05) is 30.3 Å². The van der Waals surface area contributed by atoms with E-state index in [1.54, 1.807) is 30.3 Å². The van der Waals surface area contributed by atoms with Crippen molar-refractivity contribution in [3.63, 3.8) is 0 Å². The Labute approximate surface area is 155 Å². The van der Waals surface area contributed by atoms with Crippen molar-refractivity contribution < 1.29 is 35.9 Å². The number of Topliss-reactive ketones (excluding diaryl/α,β-unsaturated/α-hetero) is 1. The number of hydrogen-bond donors (Lipinski definition) is 0. The molecular formula is C19H13F6NO2. The summed E-state index contributed by atoms with van der Waals surface area (Å²) in [6.07, 6.45) is -10.6. The zero-order valence-corrected chi connectivity index (χ0v) is 14.6. The van der Waals surface area contributed by atoms with Gasteiger partial charge in [0.05, 0.1) is 12.7 Å². The van der Waals surface area contributed by atoms with E-state index in [4.69, 9.17) is 4.74 Å². The molecule has 0 fully saturated rings. The number of carbonyl (C=O) groups excluding carboxylic acids is 1. The molecule has 148 valence electrons. The molecule has 0 aliphatic rings. The molecule has 0 spiro atoms. The summed E-state index contributed by atoms with van der Waals surface area (Å²) in [7, 11) is 2.21. The average Bonchev–Trinajstić information content (AvgIpc) is 2.91. The van der Waals surface area contributed by atoms with Crippen LogP contribution >= 0.6 is 0 Å². The van der Waals surface area contributed by atoms with Gasteiger partial charge in [-0.15, -0.1) is 0 Å². The van der Waals surface area contributed by atoms with Gasteiger partial charge in [0.15, 0.2) is 0 Å². The van der Waals surface area contributed by atoms with Crippen LogP contribution in [0.5, 0.6) is 5.75 Å². The molecule has 28 heavy (non-hydrogen) atoms. The molecule has 0 saturated heterocycles. The van der Waals surface area contributed by atoms with Gasteiger partial charge in [-0.3, -0.25) is 4.79 Å². The van der Waals surface area contributed by atoms with E-state index in [2.05, 4.69) is 0 Å². The maximum absolute atomic E-state index is 13.5. The number of benzene rings is 2. The lowest BCUT2D eigenvalue weighted by molar-refractivity contribution is -0.143. The topological polar surface area (TPSA) is 31.2 Å². The quantitative estimate of drug-likeness (QED) is 0.422. The first-order valence-corrected chi connectivity index (χ1v) is 7.91. The molecule has 0 bridgehead atoms. The Morgan fingerprint density at radius 2 is 1.61 bits per heavy atom.